The molecule has 0 atom stereocenters. The minimum atomic E-state index is -0.303. The van der Waals surface area contributed by atoms with Gasteiger partial charge in [-0.1, -0.05) is 38.1 Å². The van der Waals surface area contributed by atoms with Gasteiger partial charge in [0.2, 0.25) is 5.91 Å². The molecule has 0 spiro atoms. The molecule has 0 unspecified atom stereocenters. The summed E-state index contributed by atoms with van der Waals surface area (Å²) < 4.78 is 0. The van der Waals surface area contributed by atoms with Crippen LogP contribution in [-0.2, 0) is 17.9 Å². The molecule has 0 saturated carbocycles. The summed E-state index contributed by atoms with van der Waals surface area (Å²) in [6, 6.07) is 7.74. The van der Waals surface area contributed by atoms with Gasteiger partial charge in [-0.25, -0.2) is 0 Å². The Balaban J connectivity index is 2.65. The summed E-state index contributed by atoms with van der Waals surface area (Å²) in [7, 11) is 0. The van der Waals surface area contributed by atoms with Crippen molar-refractivity contribution in [1.82, 2.24) is 4.90 Å². The zero-order valence-corrected chi connectivity index (χ0v) is 11.1. The lowest BCUT2D eigenvalue weighted by atomic mass is 10.1. The number of rotatable bonds is 7. The van der Waals surface area contributed by atoms with Gasteiger partial charge in [-0.15, -0.1) is 0 Å². The molecule has 0 radical (unpaired) electrons. The fourth-order valence-corrected chi connectivity index (χ4v) is 1.93. The van der Waals surface area contributed by atoms with Gasteiger partial charge in [0, 0.05) is 13.1 Å². The Morgan fingerprint density at radius 1 is 1.28 bits per heavy atom. The maximum atomic E-state index is 11.0. The molecule has 0 aliphatic carbocycles. The van der Waals surface area contributed by atoms with E-state index in [0.717, 1.165) is 17.7 Å². The molecule has 0 saturated heterocycles. The zero-order chi connectivity index (χ0) is 13.5. The number of amides is 1. The van der Waals surface area contributed by atoms with Crippen LogP contribution in [0.4, 0.5) is 0 Å². The van der Waals surface area contributed by atoms with Gasteiger partial charge >= 0.3 is 0 Å². The molecule has 1 amide bonds. The molecule has 1 rings (SSSR count). The predicted octanol–water partition coefficient (Wildman–Crippen LogP) is 1.12. The lowest BCUT2D eigenvalue weighted by Gasteiger charge is -2.22. The second-order valence-corrected chi connectivity index (χ2v) is 5.00. The molecule has 4 nitrogen and oxygen atoms in total. The fraction of sp³-hybridized carbons (Fsp3) is 0.500. The van der Waals surface area contributed by atoms with Crippen LogP contribution in [0.25, 0.3) is 0 Å². The Labute approximate surface area is 108 Å². The molecule has 4 heteroatoms. The van der Waals surface area contributed by atoms with Crippen molar-refractivity contribution >= 4 is 5.91 Å². The van der Waals surface area contributed by atoms with Crippen molar-refractivity contribution in [2.24, 2.45) is 11.7 Å². The second-order valence-electron chi connectivity index (χ2n) is 5.00. The van der Waals surface area contributed by atoms with Crippen molar-refractivity contribution in [3.05, 3.63) is 35.4 Å². The normalized spacial score (nSPS) is 11.2. The topological polar surface area (TPSA) is 66.6 Å². The van der Waals surface area contributed by atoms with E-state index < -0.39 is 0 Å². The van der Waals surface area contributed by atoms with E-state index >= 15 is 0 Å². The summed E-state index contributed by atoms with van der Waals surface area (Å²) in [5.74, 6) is 0.184. The van der Waals surface area contributed by atoms with E-state index in [1.807, 2.05) is 29.2 Å². The zero-order valence-electron chi connectivity index (χ0n) is 11.1. The Morgan fingerprint density at radius 3 is 2.28 bits per heavy atom. The van der Waals surface area contributed by atoms with Gasteiger partial charge < -0.3 is 10.8 Å². The van der Waals surface area contributed by atoms with E-state index in [9.17, 15) is 4.79 Å². The quantitative estimate of drug-likeness (QED) is 0.762. The highest BCUT2D eigenvalue weighted by Crippen LogP contribution is 2.09. The van der Waals surface area contributed by atoms with E-state index in [4.69, 9.17) is 10.8 Å². The van der Waals surface area contributed by atoms with Gasteiger partial charge in [0.15, 0.2) is 0 Å². The summed E-state index contributed by atoms with van der Waals surface area (Å²) in [6.07, 6.45) is 0. The predicted molar refractivity (Wildman–Crippen MR) is 71.7 cm³/mol. The van der Waals surface area contributed by atoms with Gasteiger partial charge in [-0.3, -0.25) is 9.69 Å². The molecule has 0 heterocycles. The van der Waals surface area contributed by atoms with Crippen molar-refractivity contribution < 1.29 is 9.90 Å². The van der Waals surface area contributed by atoms with Gasteiger partial charge in [-0.05, 0) is 17.0 Å². The molecule has 0 aliphatic rings. The van der Waals surface area contributed by atoms with Crippen molar-refractivity contribution in [1.29, 1.82) is 0 Å². The van der Waals surface area contributed by atoms with E-state index in [-0.39, 0.29) is 19.1 Å². The first kappa shape index (κ1) is 14.7. The SMILES string of the molecule is CC(C)CN(CC(N)=O)Cc1ccc(CO)cc1. The van der Waals surface area contributed by atoms with E-state index in [1.165, 1.54) is 0 Å². The number of nitrogens with zero attached hydrogens (tertiary/aromatic N) is 1. The van der Waals surface area contributed by atoms with Crippen LogP contribution in [0.1, 0.15) is 25.0 Å². The van der Waals surface area contributed by atoms with Crippen LogP contribution in [0.15, 0.2) is 24.3 Å². The van der Waals surface area contributed by atoms with Crippen LogP contribution in [0.2, 0.25) is 0 Å². The molecule has 18 heavy (non-hydrogen) atoms. The van der Waals surface area contributed by atoms with Gasteiger partial charge in [0.25, 0.3) is 0 Å². The maximum Gasteiger partial charge on any atom is 0.231 e. The highest BCUT2D eigenvalue weighted by Gasteiger charge is 2.10. The number of aliphatic hydroxyl groups excluding tert-OH is 1. The Bertz CT molecular complexity index is 374. The number of aliphatic hydroxyl groups is 1. The number of hydrogen-bond donors (Lipinski definition) is 2. The minimum Gasteiger partial charge on any atom is -0.392 e. The number of nitrogens with two attached hydrogens (primary N) is 1. The minimum absolute atomic E-state index is 0.0529. The molecular weight excluding hydrogens is 228 g/mol. The van der Waals surface area contributed by atoms with Gasteiger partial charge in [0.05, 0.1) is 13.2 Å². The Kier molecular flexibility index (Phi) is 5.82. The number of carbonyl (C=O) groups excluding carboxylic acids is 1. The third-order valence-corrected chi connectivity index (χ3v) is 2.61. The standard InChI is InChI=1S/C14H22N2O2/c1-11(2)7-16(9-14(15)18)8-12-3-5-13(10-17)6-4-12/h3-6,11,17H,7-10H2,1-2H3,(H2,15,18). The van der Waals surface area contributed by atoms with Gasteiger partial charge in [-0.2, -0.15) is 0 Å². The van der Waals surface area contributed by atoms with Crippen molar-refractivity contribution in [3.8, 4) is 0 Å². The molecule has 0 bridgehead atoms. The summed E-state index contributed by atoms with van der Waals surface area (Å²) in [6.45, 7) is 6.10. The third-order valence-electron chi connectivity index (χ3n) is 2.61. The molecule has 0 fully saturated rings. The first-order valence-electron chi connectivity index (χ1n) is 6.20. The third kappa shape index (κ3) is 5.29. The number of primary amides is 1. The Morgan fingerprint density at radius 2 is 1.83 bits per heavy atom. The number of hydrogen-bond acceptors (Lipinski definition) is 3. The highest BCUT2D eigenvalue weighted by atomic mass is 16.3. The molecule has 100 valence electrons. The van der Waals surface area contributed by atoms with Crippen LogP contribution >= 0.6 is 0 Å². The first-order chi connectivity index (χ1) is 8.51. The Hall–Kier alpha value is -1.39. The first-order valence-corrected chi connectivity index (χ1v) is 6.20. The summed E-state index contributed by atoms with van der Waals surface area (Å²) in [5.41, 5.74) is 7.27. The number of benzene rings is 1. The monoisotopic (exact) mass is 250 g/mol. The smallest absolute Gasteiger partial charge is 0.231 e. The van der Waals surface area contributed by atoms with Crippen LogP contribution in [0.3, 0.4) is 0 Å². The molecule has 1 aromatic rings. The molecule has 0 aromatic heterocycles. The van der Waals surface area contributed by atoms with Crippen molar-refractivity contribution in [2.45, 2.75) is 27.0 Å². The summed E-state index contributed by atoms with van der Waals surface area (Å²) in [4.78, 5) is 13.1. The van der Waals surface area contributed by atoms with Gasteiger partial charge in [0.1, 0.15) is 0 Å². The maximum absolute atomic E-state index is 11.0. The second kappa shape index (κ2) is 7.13. The van der Waals surface area contributed by atoms with Crippen molar-refractivity contribution in [2.75, 3.05) is 13.1 Å². The summed E-state index contributed by atoms with van der Waals surface area (Å²) in [5, 5.41) is 8.98. The van der Waals surface area contributed by atoms with E-state index in [0.29, 0.717) is 12.5 Å². The number of carbonyl (C=O) groups is 1. The largest absolute Gasteiger partial charge is 0.392 e. The average molecular weight is 250 g/mol. The van der Waals surface area contributed by atoms with Crippen molar-refractivity contribution in [3.63, 3.8) is 0 Å². The molecule has 3 N–H and O–H groups in total. The molecule has 0 aliphatic heterocycles. The lowest BCUT2D eigenvalue weighted by Crippen LogP contribution is -2.35. The van der Waals surface area contributed by atoms with E-state index in [2.05, 4.69) is 13.8 Å². The summed E-state index contributed by atoms with van der Waals surface area (Å²) >= 11 is 0. The average Bonchev–Trinajstić information content (AvgIpc) is 2.28. The molecule has 1 aromatic carbocycles. The fourth-order valence-electron chi connectivity index (χ4n) is 1.93. The highest BCUT2D eigenvalue weighted by molar-refractivity contribution is 5.75. The van der Waals surface area contributed by atoms with Crippen LogP contribution in [-0.4, -0.2) is 29.0 Å². The van der Waals surface area contributed by atoms with Crippen LogP contribution in [0, 0.1) is 5.92 Å². The van der Waals surface area contributed by atoms with Crippen LogP contribution in [0.5, 0.6) is 0 Å². The molecular formula is C14H22N2O2. The van der Waals surface area contributed by atoms with E-state index in [1.54, 1.807) is 0 Å². The lowest BCUT2D eigenvalue weighted by molar-refractivity contribution is -0.119. The van der Waals surface area contributed by atoms with Crippen LogP contribution < -0.4 is 5.73 Å².